The molecule has 0 radical (unpaired) electrons. The maximum atomic E-state index is 14.9. The Kier molecular flexibility index (Phi) is 11.5. The summed E-state index contributed by atoms with van der Waals surface area (Å²) in [5.74, 6) is -0.0287. The number of hydrogen-bond donors (Lipinski definition) is 3. The molecular formula is C45H53ClFN9O3. The van der Waals surface area contributed by atoms with E-state index in [4.69, 9.17) is 16.6 Å². The van der Waals surface area contributed by atoms with Gasteiger partial charge in [0.2, 0.25) is 17.8 Å². The molecule has 2 aliphatic carbocycles. The molecule has 2 aromatic carbocycles. The van der Waals surface area contributed by atoms with E-state index in [9.17, 15) is 18.8 Å². The third-order valence-corrected chi connectivity index (χ3v) is 13.5. The Labute approximate surface area is 349 Å². The van der Waals surface area contributed by atoms with E-state index in [0.29, 0.717) is 28.6 Å². The molecule has 3 N–H and O–H groups in total. The fourth-order valence-corrected chi connectivity index (χ4v) is 9.85. The summed E-state index contributed by atoms with van der Waals surface area (Å²) in [4.78, 5) is 50.9. The summed E-state index contributed by atoms with van der Waals surface area (Å²) in [5, 5.41) is 14.8. The number of imide groups is 1. The number of piperidine rings is 2. The Bertz CT molecular complexity index is 2210. The molecule has 2 saturated carbocycles. The number of nitrogens with zero attached hydrogens (tertiary/aromatic N) is 6. The van der Waals surface area contributed by atoms with Crippen molar-refractivity contribution < 1.29 is 18.8 Å². The van der Waals surface area contributed by atoms with Gasteiger partial charge in [0.25, 0.3) is 5.91 Å². The van der Waals surface area contributed by atoms with Crippen molar-refractivity contribution in [1.29, 1.82) is 0 Å². The Hall–Kier alpha value is -4.72. The highest BCUT2D eigenvalue weighted by Crippen LogP contribution is 2.39. The van der Waals surface area contributed by atoms with Crippen molar-refractivity contribution in [2.24, 2.45) is 13.0 Å². The Morgan fingerprint density at radius 3 is 2.39 bits per heavy atom. The average Bonchev–Trinajstić information content (AvgIpc) is 3.91. The van der Waals surface area contributed by atoms with Gasteiger partial charge in [-0.15, -0.1) is 0 Å². The lowest BCUT2D eigenvalue weighted by atomic mass is 9.85. The standard InChI is InChI=1S/C45H53ClFN9O3/c1-54-40(20-28-4-5-28)36(23-50-54)42-38(46)24-49-45(53-42)51-33-10-8-32(9-11-33)48-17-14-27-2-6-29(7-3-27)25-55-18-15-30(16-19-55)34-21-31(47)22-35-37(34)26-56(44(35)59)39-12-13-41(57)52-43(39)58/h2-3,6-7,21-24,28,30,32-33,39,48H,4-5,8-20,25-26H2,1H3,(H,49,51,53)(H,52,57,58)/t32-,33-,39?. The van der Waals surface area contributed by atoms with Crippen LogP contribution >= 0.6 is 11.6 Å². The number of anilines is 1. The lowest BCUT2D eigenvalue weighted by Gasteiger charge is -2.33. The zero-order valence-corrected chi connectivity index (χ0v) is 34.4. The molecular weight excluding hydrogens is 769 g/mol. The van der Waals surface area contributed by atoms with Crippen molar-refractivity contribution >= 4 is 35.3 Å². The van der Waals surface area contributed by atoms with Crippen molar-refractivity contribution in [1.82, 2.24) is 40.2 Å². The van der Waals surface area contributed by atoms with Crippen LogP contribution in [0.5, 0.6) is 0 Å². The van der Waals surface area contributed by atoms with Gasteiger partial charge in [0.1, 0.15) is 11.9 Å². The molecule has 0 bridgehead atoms. The van der Waals surface area contributed by atoms with E-state index in [-0.39, 0.29) is 37.1 Å². The van der Waals surface area contributed by atoms with Crippen LogP contribution in [0.25, 0.3) is 11.3 Å². The van der Waals surface area contributed by atoms with Gasteiger partial charge in [-0.25, -0.2) is 14.4 Å². The largest absolute Gasteiger partial charge is 0.351 e. The van der Waals surface area contributed by atoms with Crippen LogP contribution in [0, 0.1) is 11.7 Å². The van der Waals surface area contributed by atoms with Crippen LogP contribution in [0.4, 0.5) is 10.3 Å². The van der Waals surface area contributed by atoms with Crippen molar-refractivity contribution in [2.75, 3.05) is 25.0 Å². The highest BCUT2D eigenvalue weighted by atomic mass is 35.5. The van der Waals surface area contributed by atoms with Gasteiger partial charge in [0, 0.05) is 55.5 Å². The van der Waals surface area contributed by atoms with E-state index in [1.807, 2.05) is 17.9 Å². The highest BCUT2D eigenvalue weighted by Gasteiger charge is 2.41. The van der Waals surface area contributed by atoms with Gasteiger partial charge in [-0.05, 0) is 136 Å². The van der Waals surface area contributed by atoms with Gasteiger partial charge >= 0.3 is 0 Å². The minimum absolute atomic E-state index is 0.139. The molecule has 9 rings (SSSR count). The molecule has 4 aromatic rings. The number of halogens is 2. The van der Waals surface area contributed by atoms with Crippen molar-refractivity contribution in [3.8, 4) is 11.3 Å². The molecule has 12 nitrogen and oxygen atoms in total. The van der Waals surface area contributed by atoms with Crippen LogP contribution in [0.1, 0.15) is 108 Å². The maximum absolute atomic E-state index is 14.9. The fourth-order valence-electron chi connectivity index (χ4n) is 9.66. The SMILES string of the molecule is Cn1ncc(-c2nc(N[C@H]3CC[C@H](NCCc4ccc(CN5CCC(c6cc(F)cc7c6CN(C6CCC(=O)NC6=O)C7=O)CC5)cc4)CC3)ncc2Cl)c1CC1CC1. The van der Waals surface area contributed by atoms with Crippen LogP contribution in [0.15, 0.2) is 48.8 Å². The second-order valence-corrected chi connectivity index (χ2v) is 17.8. The molecule has 0 spiro atoms. The average molecular weight is 822 g/mol. The van der Waals surface area contributed by atoms with Crippen molar-refractivity contribution in [3.63, 3.8) is 0 Å². The summed E-state index contributed by atoms with van der Waals surface area (Å²) < 4.78 is 16.8. The number of likely N-dealkylation sites (tertiary alicyclic amines) is 1. The lowest BCUT2D eigenvalue weighted by molar-refractivity contribution is -0.136. The second-order valence-electron chi connectivity index (χ2n) is 17.4. The van der Waals surface area contributed by atoms with E-state index in [1.165, 1.54) is 40.6 Å². The number of amides is 3. The van der Waals surface area contributed by atoms with Gasteiger partial charge in [0.05, 0.1) is 23.1 Å². The predicted octanol–water partition coefficient (Wildman–Crippen LogP) is 6.32. The first kappa shape index (κ1) is 39.7. The summed E-state index contributed by atoms with van der Waals surface area (Å²) in [6, 6.07) is 11.9. The number of rotatable bonds is 13. The number of carbonyl (C=O) groups excluding carboxylic acids is 3. The van der Waals surface area contributed by atoms with E-state index < -0.39 is 17.8 Å². The first-order valence-electron chi connectivity index (χ1n) is 21.5. The fraction of sp³-hybridized carbons (Fsp3) is 0.511. The number of fused-ring (bicyclic) bond motifs is 1. The molecule has 5 heterocycles. The van der Waals surface area contributed by atoms with Crippen LogP contribution in [-0.2, 0) is 42.6 Å². The van der Waals surface area contributed by atoms with Crippen LogP contribution in [0.2, 0.25) is 5.02 Å². The van der Waals surface area contributed by atoms with Crippen molar-refractivity contribution in [3.05, 3.63) is 93.1 Å². The molecule has 1 unspecified atom stereocenters. The molecule has 310 valence electrons. The maximum Gasteiger partial charge on any atom is 0.255 e. The quantitative estimate of drug-likeness (QED) is 0.133. The summed E-state index contributed by atoms with van der Waals surface area (Å²) in [6.07, 6.45) is 14.6. The van der Waals surface area contributed by atoms with E-state index in [1.54, 1.807) is 12.3 Å². The highest BCUT2D eigenvalue weighted by molar-refractivity contribution is 6.33. The number of aryl methyl sites for hydroxylation is 1. The number of carbonyl (C=O) groups is 3. The van der Waals surface area contributed by atoms with Gasteiger partial charge in [0.15, 0.2) is 0 Å². The second kappa shape index (κ2) is 17.1. The van der Waals surface area contributed by atoms with Gasteiger partial charge in [-0.3, -0.25) is 29.3 Å². The Morgan fingerprint density at radius 1 is 0.898 bits per heavy atom. The van der Waals surface area contributed by atoms with E-state index in [0.717, 1.165) is 106 Å². The summed E-state index contributed by atoms with van der Waals surface area (Å²) in [7, 11) is 1.99. The first-order chi connectivity index (χ1) is 28.6. The minimum Gasteiger partial charge on any atom is -0.351 e. The van der Waals surface area contributed by atoms with E-state index in [2.05, 4.69) is 55.2 Å². The van der Waals surface area contributed by atoms with Crippen LogP contribution in [0.3, 0.4) is 0 Å². The topological polar surface area (TPSA) is 137 Å². The van der Waals surface area contributed by atoms with Gasteiger partial charge in [-0.1, -0.05) is 35.9 Å². The Balaban J connectivity index is 0.707. The van der Waals surface area contributed by atoms with Crippen LogP contribution < -0.4 is 16.0 Å². The number of hydrogen-bond acceptors (Lipinski definition) is 9. The molecule has 3 amide bonds. The normalized spacial score (nSPS) is 22.8. The smallest absolute Gasteiger partial charge is 0.255 e. The zero-order chi connectivity index (χ0) is 40.6. The molecule has 3 aliphatic heterocycles. The first-order valence-corrected chi connectivity index (χ1v) is 21.8. The molecule has 5 aliphatic rings. The summed E-state index contributed by atoms with van der Waals surface area (Å²) >= 11 is 6.60. The van der Waals surface area contributed by atoms with Gasteiger partial charge < -0.3 is 15.5 Å². The van der Waals surface area contributed by atoms with Crippen molar-refractivity contribution in [2.45, 2.75) is 114 Å². The molecule has 59 heavy (non-hydrogen) atoms. The number of benzene rings is 2. The van der Waals surface area contributed by atoms with E-state index >= 15 is 0 Å². The van der Waals surface area contributed by atoms with Crippen LogP contribution in [-0.4, -0.2) is 85.0 Å². The third kappa shape index (κ3) is 8.93. The third-order valence-electron chi connectivity index (χ3n) is 13.3. The monoisotopic (exact) mass is 821 g/mol. The molecule has 14 heteroatoms. The zero-order valence-electron chi connectivity index (χ0n) is 33.7. The van der Waals surface area contributed by atoms with Gasteiger partial charge in [-0.2, -0.15) is 5.10 Å². The molecule has 2 aromatic heterocycles. The summed E-state index contributed by atoms with van der Waals surface area (Å²) in [6.45, 7) is 3.83. The number of aromatic nitrogens is 4. The molecule has 1 atom stereocenters. The minimum atomic E-state index is -0.710. The molecule has 2 saturated heterocycles. The predicted molar refractivity (Wildman–Crippen MR) is 223 cm³/mol. The Morgan fingerprint density at radius 2 is 1.64 bits per heavy atom. The number of nitrogens with one attached hydrogen (secondary N) is 3. The summed E-state index contributed by atoms with van der Waals surface area (Å²) in [5.41, 5.74) is 7.60. The molecule has 4 fully saturated rings. The lowest BCUT2D eigenvalue weighted by Crippen LogP contribution is -2.52.